The highest BCUT2D eigenvalue weighted by Crippen LogP contribution is 2.44. The lowest BCUT2D eigenvalue weighted by molar-refractivity contribution is 0.683. The van der Waals surface area contributed by atoms with Crippen LogP contribution in [0.15, 0.2) is 88.8 Å². The number of hydrogen-bond donors (Lipinski definition) is 0. The third-order valence-corrected chi connectivity index (χ3v) is 6.75. The fraction of sp³-hybridized carbons (Fsp3) is 0. The molecule has 2 heterocycles. The fourth-order valence-electron chi connectivity index (χ4n) is 4.12. The van der Waals surface area contributed by atoms with E-state index in [0.29, 0.717) is 0 Å². The Labute approximate surface area is 152 Å². The number of rotatable bonds is 0. The molecule has 26 heavy (non-hydrogen) atoms. The van der Waals surface area contributed by atoms with E-state index < -0.39 is 10.8 Å². The second-order valence-electron chi connectivity index (χ2n) is 6.60. The molecule has 1 aromatic heterocycles. The summed E-state index contributed by atoms with van der Waals surface area (Å²) in [4.78, 5) is 6.36. The first kappa shape index (κ1) is 14.2. The van der Waals surface area contributed by atoms with Crippen molar-refractivity contribution in [2.45, 2.75) is 9.79 Å². The quantitative estimate of drug-likeness (QED) is 0.329. The van der Waals surface area contributed by atoms with E-state index in [2.05, 4.69) is 47.4 Å². The van der Waals surface area contributed by atoms with Gasteiger partial charge in [-0.1, -0.05) is 54.6 Å². The van der Waals surface area contributed by atoms with Crippen LogP contribution in [0.1, 0.15) is 0 Å². The molecule has 4 aromatic carbocycles. The molecule has 1 unspecified atom stereocenters. The van der Waals surface area contributed by atoms with E-state index in [1.54, 1.807) is 0 Å². The molecule has 2 nitrogen and oxygen atoms in total. The van der Waals surface area contributed by atoms with E-state index in [4.69, 9.17) is 0 Å². The molecule has 1 aliphatic heterocycles. The van der Waals surface area contributed by atoms with Gasteiger partial charge in [-0.25, -0.2) is 4.21 Å². The van der Waals surface area contributed by atoms with E-state index in [9.17, 15) is 4.21 Å². The Morgan fingerprint density at radius 1 is 0.692 bits per heavy atom. The van der Waals surface area contributed by atoms with Gasteiger partial charge in [0, 0.05) is 17.1 Å². The number of benzene rings is 4. The van der Waals surface area contributed by atoms with E-state index >= 15 is 0 Å². The summed E-state index contributed by atoms with van der Waals surface area (Å²) in [6.07, 6.45) is 1.86. The van der Waals surface area contributed by atoms with Crippen LogP contribution in [-0.2, 0) is 10.8 Å². The second kappa shape index (κ2) is 4.99. The van der Waals surface area contributed by atoms with Crippen molar-refractivity contribution in [3.63, 3.8) is 0 Å². The third kappa shape index (κ3) is 1.71. The minimum atomic E-state index is -1.20. The van der Waals surface area contributed by atoms with Gasteiger partial charge in [0.1, 0.15) is 0 Å². The predicted octanol–water partition coefficient (Wildman–Crippen LogP) is 5.69. The summed E-state index contributed by atoms with van der Waals surface area (Å²) in [5.74, 6) is 0. The molecular weight excluding hydrogens is 338 g/mol. The molecule has 1 atom stereocenters. The standard InChI is InChI=1S/C23H13NOS/c25-26-20-8-4-3-7-18(20)23-22-17(11-12-24-23)16-10-9-14-5-1-2-6-15(14)19(16)13-21(22)26/h1-13H. The minimum Gasteiger partial charge on any atom is -0.255 e. The van der Waals surface area contributed by atoms with Gasteiger partial charge in [0.2, 0.25) is 0 Å². The maximum Gasteiger partial charge on any atom is 0.0863 e. The molecule has 3 heteroatoms. The topological polar surface area (TPSA) is 30.0 Å². The first-order valence-corrected chi connectivity index (χ1v) is 9.72. The van der Waals surface area contributed by atoms with Crippen LogP contribution in [0, 0.1) is 0 Å². The Balaban J connectivity index is 1.90. The molecular formula is C23H13NOS. The predicted molar refractivity (Wildman–Crippen MR) is 107 cm³/mol. The fourth-order valence-corrected chi connectivity index (χ4v) is 5.54. The van der Waals surface area contributed by atoms with Crippen LogP contribution >= 0.6 is 0 Å². The average molecular weight is 351 g/mol. The van der Waals surface area contributed by atoms with Crippen molar-refractivity contribution in [1.29, 1.82) is 0 Å². The Hall–Kier alpha value is -3.04. The second-order valence-corrected chi connectivity index (χ2v) is 8.02. The average Bonchev–Trinajstić information content (AvgIpc) is 2.71. The molecule has 5 aromatic rings. The largest absolute Gasteiger partial charge is 0.255 e. The zero-order chi connectivity index (χ0) is 17.3. The van der Waals surface area contributed by atoms with Gasteiger partial charge in [-0.05, 0) is 45.1 Å². The Bertz CT molecular complexity index is 1400. The van der Waals surface area contributed by atoms with Gasteiger partial charge in [0.15, 0.2) is 0 Å². The zero-order valence-electron chi connectivity index (χ0n) is 13.8. The Kier molecular flexibility index (Phi) is 2.72. The molecule has 0 fully saturated rings. The smallest absolute Gasteiger partial charge is 0.0863 e. The van der Waals surface area contributed by atoms with Crippen molar-refractivity contribution in [2.24, 2.45) is 0 Å². The molecule has 0 radical (unpaired) electrons. The number of nitrogens with zero attached hydrogens (tertiary/aromatic N) is 1. The number of fused-ring (bicyclic) bond motifs is 6. The van der Waals surface area contributed by atoms with Gasteiger partial charge in [-0.2, -0.15) is 0 Å². The van der Waals surface area contributed by atoms with Crippen LogP contribution in [0.2, 0.25) is 0 Å². The van der Waals surface area contributed by atoms with Crippen molar-refractivity contribution in [2.75, 3.05) is 0 Å². The highest BCUT2D eigenvalue weighted by Gasteiger charge is 2.26. The van der Waals surface area contributed by atoms with E-state index in [-0.39, 0.29) is 0 Å². The zero-order valence-corrected chi connectivity index (χ0v) is 14.6. The van der Waals surface area contributed by atoms with Crippen LogP contribution in [-0.4, -0.2) is 9.19 Å². The van der Waals surface area contributed by atoms with Gasteiger partial charge in [-0.15, -0.1) is 0 Å². The van der Waals surface area contributed by atoms with Gasteiger partial charge in [0.25, 0.3) is 0 Å². The summed E-state index contributed by atoms with van der Waals surface area (Å²) < 4.78 is 13.4. The van der Waals surface area contributed by atoms with Gasteiger partial charge < -0.3 is 0 Å². The summed E-state index contributed by atoms with van der Waals surface area (Å²) >= 11 is 0. The van der Waals surface area contributed by atoms with Gasteiger partial charge in [-0.3, -0.25) is 4.98 Å². The molecule has 122 valence electrons. The van der Waals surface area contributed by atoms with Crippen molar-refractivity contribution in [3.05, 3.63) is 79.0 Å². The lowest BCUT2D eigenvalue weighted by Crippen LogP contribution is -2.05. The molecule has 0 bridgehead atoms. The number of aromatic nitrogens is 1. The van der Waals surface area contributed by atoms with Crippen LogP contribution in [0.3, 0.4) is 0 Å². The van der Waals surface area contributed by atoms with E-state index in [1.807, 2.05) is 36.5 Å². The summed E-state index contributed by atoms with van der Waals surface area (Å²) in [6.45, 7) is 0. The van der Waals surface area contributed by atoms with Crippen molar-refractivity contribution in [1.82, 2.24) is 4.98 Å². The van der Waals surface area contributed by atoms with Crippen LogP contribution < -0.4 is 0 Å². The first-order valence-electron chi connectivity index (χ1n) is 8.57. The maximum absolute atomic E-state index is 13.4. The highest BCUT2D eigenvalue weighted by molar-refractivity contribution is 7.85. The molecule has 0 saturated heterocycles. The lowest BCUT2D eigenvalue weighted by Gasteiger charge is -2.20. The molecule has 0 aliphatic carbocycles. The SMILES string of the molecule is O=S1c2ccccc2-c2nccc3c2c1cc1c2ccccc2ccc31. The molecule has 0 N–H and O–H groups in total. The van der Waals surface area contributed by atoms with Crippen molar-refractivity contribution >= 4 is 43.1 Å². The first-order chi connectivity index (χ1) is 12.8. The van der Waals surface area contributed by atoms with Gasteiger partial charge >= 0.3 is 0 Å². The van der Waals surface area contributed by atoms with Crippen LogP contribution in [0.5, 0.6) is 0 Å². The number of pyridine rings is 1. The van der Waals surface area contributed by atoms with Gasteiger partial charge in [0.05, 0.1) is 26.3 Å². The van der Waals surface area contributed by atoms with Crippen molar-refractivity contribution < 1.29 is 4.21 Å². The Morgan fingerprint density at radius 2 is 1.54 bits per heavy atom. The normalized spacial score (nSPS) is 15.5. The third-order valence-electron chi connectivity index (χ3n) is 5.28. The monoisotopic (exact) mass is 351 g/mol. The summed E-state index contributed by atoms with van der Waals surface area (Å²) in [5, 5.41) is 6.86. The van der Waals surface area contributed by atoms with Crippen molar-refractivity contribution in [3.8, 4) is 11.3 Å². The van der Waals surface area contributed by atoms with E-state index in [1.165, 1.54) is 16.2 Å². The molecule has 0 spiro atoms. The summed E-state index contributed by atoms with van der Waals surface area (Å²) in [5.41, 5.74) is 1.91. The summed E-state index contributed by atoms with van der Waals surface area (Å²) in [6, 6.07) is 24.7. The maximum atomic E-state index is 13.4. The van der Waals surface area contributed by atoms with E-state index in [0.717, 1.165) is 37.2 Å². The summed E-state index contributed by atoms with van der Waals surface area (Å²) in [7, 11) is -1.20. The van der Waals surface area contributed by atoms with Crippen LogP contribution in [0.25, 0.3) is 43.6 Å². The molecule has 0 amide bonds. The molecule has 1 aliphatic rings. The highest BCUT2D eigenvalue weighted by atomic mass is 32.2. The lowest BCUT2D eigenvalue weighted by atomic mass is 9.95. The van der Waals surface area contributed by atoms with Crippen LogP contribution in [0.4, 0.5) is 0 Å². The number of hydrogen-bond acceptors (Lipinski definition) is 2. The molecule has 6 rings (SSSR count). The Morgan fingerprint density at radius 3 is 2.50 bits per heavy atom. The molecule has 0 saturated carbocycles. The minimum absolute atomic E-state index is 0.847.